The molecule has 0 spiro atoms. The van der Waals surface area contributed by atoms with Crippen LogP contribution in [-0.4, -0.2) is 18.1 Å². The van der Waals surface area contributed by atoms with Crippen molar-refractivity contribution < 1.29 is 4.74 Å². The Morgan fingerprint density at radius 3 is 2.74 bits per heavy atom. The normalized spacial score (nSPS) is 9.95. The molecule has 0 unspecified atom stereocenters. The zero-order chi connectivity index (χ0) is 13.7. The summed E-state index contributed by atoms with van der Waals surface area (Å²) in [6.45, 7) is 0.967. The molecule has 0 aliphatic rings. The van der Waals surface area contributed by atoms with Crippen molar-refractivity contribution in [1.29, 1.82) is 5.26 Å². The van der Waals surface area contributed by atoms with Crippen LogP contribution >= 0.6 is 22.9 Å². The SMILES string of the molecule is N#Cc1sc(Nc2ccc(OCCN)cc2)nc1Cl. The highest BCUT2D eigenvalue weighted by molar-refractivity contribution is 7.16. The number of rotatable bonds is 5. The van der Waals surface area contributed by atoms with Crippen LogP contribution in [0.1, 0.15) is 4.88 Å². The highest BCUT2D eigenvalue weighted by Gasteiger charge is 2.08. The molecule has 0 saturated heterocycles. The first-order valence-corrected chi connectivity index (χ1v) is 6.68. The second-order valence-corrected chi connectivity index (χ2v) is 4.89. The van der Waals surface area contributed by atoms with Crippen LogP contribution in [0.25, 0.3) is 0 Å². The molecular formula is C12H11ClN4OS. The lowest BCUT2D eigenvalue weighted by Crippen LogP contribution is -2.10. The summed E-state index contributed by atoms with van der Waals surface area (Å²) in [5, 5.41) is 12.7. The van der Waals surface area contributed by atoms with E-state index in [2.05, 4.69) is 10.3 Å². The molecule has 0 atom stereocenters. The van der Waals surface area contributed by atoms with Gasteiger partial charge in [0.2, 0.25) is 0 Å². The van der Waals surface area contributed by atoms with Crippen molar-refractivity contribution in [1.82, 2.24) is 4.98 Å². The van der Waals surface area contributed by atoms with Crippen LogP contribution in [0, 0.1) is 11.3 Å². The molecule has 0 aliphatic carbocycles. The molecule has 1 aromatic heterocycles. The molecule has 0 bridgehead atoms. The maximum Gasteiger partial charge on any atom is 0.189 e. The minimum Gasteiger partial charge on any atom is -0.492 e. The third-order valence-electron chi connectivity index (χ3n) is 2.18. The van der Waals surface area contributed by atoms with Gasteiger partial charge in [-0.2, -0.15) is 5.26 Å². The number of hydrogen-bond donors (Lipinski definition) is 2. The molecule has 0 radical (unpaired) electrons. The summed E-state index contributed by atoms with van der Waals surface area (Å²) in [6, 6.07) is 9.36. The number of hydrogen-bond acceptors (Lipinski definition) is 6. The van der Waals surface area contributed by atoms with E-state index in [0.717, 1.165) is 11.4 Å². The molecule has 5 nitrogen and oxygen atoms in total. The van der Waals surface area contributed by atoms with E-state index in [0.29, 0.717) is 23.2 Å². The Kier molecular flexibility index (Phi) is 4.58. The van der Waals surface area contributed by atoms with Crippen molar-refractivity contribution in [2.24, 2.45) is 5.73 Å². The van der Waals surface area contributed by atoms with Gasteiger partial charge in [0.05, 0.1) is 0 Å². The Balaban J connectivity index is 2.04. The van der Waals surface area contributed by atoms with Crippen molar-refractivity contribution in [2.75, 3.05) is 18.5 Å². The Morgan fingerprint density at radius 2 is 2.16 bits per heavy atom. The number of anilines is 2. The fourth-order valence-corrected chi connectivity index (χ4v) is 2.33. The number of nitrogens with one attached hydrogen (secondary N) is 1. The zero-order valence-corrected chi connectivity index (χ0v) is 11.5. The lowest BCUT2D eigenvalue weighted by molar-refractivity contribution is 0.328. The van der Waals surface area contributed by atoms with E-state index in [1.165, 1.54) is 11.3 Å². The molecule has 0 amide bonds. The van der Waals surface area contributed by atoms with Crippen molar-refractivity contribution in [2.45, 2.75) is 0 Å². The fraction of sp³-hybridized carbons (Fsp3) is 0.167. The second-order valence-electron chi connectivity index (χ2n) is 3.54. The van der Waals surface area contributed by atoms with Gasteiger partial charge in [-0.05, 0) is 24.3 Å². The predicted molar refractivity (Wildman–Crippen MR) is 76.1 cm³/mol. The minimum atomic E-state index is 0.220. The molecular weight excluding hydrogens is 284 g/mol. The number of aromatic nitrogens is 1. The molecule has 1 aromatic carbocycles. The molecule has 0 saturated carbocycles. The van der Waals surface area contributed by atoms with Crippen molar-refractivity contribution in [3.05, 3.63) is 34.3 Å². The lowest BCUT2D eigenvalue weighted by Gasteiger charge is -2.06. The summed E-state index contributed by atoms with van der Waals surface area (Å²) in [6.07, 6.45) is 0. The van der Waals surface area contributed by atoms with E-state index in [-0.39, 0.29) is 5.15 Å². The van der Waals surface area contributed by atoms with Gasteiger partial charge in [-0.15, -0.1) is 0 Å². The number of nitrogens with two attached hydrogens (primary N) is 1. The molecule has 7 heteroatoms. The van der Waals surface area contributed by atoms with Crippen LogP contribution < -0.4 is 15.8 Å². The molecule has 0 fully saturated rings. The second kappa shape index (κ2) is 6.38. The van der Waals surface area contributed by atoms with Crippen molar-refractivity contribution in [3.63, 3.8) is 0 Å². The number of ether oxygens (including phenoxy) is 1. The number of thiazole rings is 1. The van der Waals surface area contributed by atoms with Crippen molar-refractivity contribution >= 4 is 33.8 Å². The Morgan fingerprint density at radius 1 is 1.42 bits per heavy atom. The number of nitriles is 1. The standard InChI is InChI=1S/C12H11ClN4OS/c13-11-10(7-15)19-12(17-11)16-8-1-3-9(4-2-8)18-6-5-14/h1-4H,5-6,14H2,(H,16,17). The quantitative estimate of drug-likeness (QED) is 0.886. The van der Waals surface area contributed by atoms with E-state index in [1.807, 2.05) is 30.3 Å². The predicted octanol–water partition coefficient (Wildman–Crippen LogP) is 2.75. The van der Waals surface area contributed by atoms with Gasteiger partial charge in [0.25, 0.3) is 0 Å². The van der Waals surface area contributed by atoms with Crippen LogP contribution in [0.5, 0.6) is 5.75 Å². The average molecular weight is 295 g/mol. The van der Waals surface area contributed by atoms with E-state index in [9.17, 15) is 0 Å². The van der Waals surface area contributed by atoms with Gasteiger partial charge in [0.15, 0.2) is 10.3 Å². The summed E-state index contributed by atoms with van der Waals surface area (Å²) in [5.74, 6) is 0.755. The van der Waals surface area contributed by atoms with Crippen LogP contribution in [-0.2, 0) is 0 Å². The van der Waals surface area contributed by atoms with Gasteiger partial charge >= 0.3 is 0 Å². The lowest BCUT2D eigenvalue weighted by atomic mass is 10.3. The van der Waals surface area contributed by atoms with E-state index in [1.54, 1.807) is 0 Å². The fourth-order valence-electron chi connectivity index (χ4n) is 1.36. The summed E-state index contributed by atoms with van der Waals surface area (Å²) in [4.78, 5) is 4.45. The van der Waals surface area contributed by atoms with Crippen molar-refractivity contribution in [3.8, 4) is 11.8 Å². The molecule has 2 aromatic rings. The van der Waals surface area contributed by atoms with Crippen LogP contribution in [0.4, 0.5) is 10.8 Å². The first-order valence-electron chi connectivity index (χ1n) is 5.49. The highest BCUT2D eigenvalue weighted by atomic mass is 35.5. The van der Waals surface area contributed by atoms with Gasteiger partial charge in [0, 0.05) is 12.2 Å². The maximum atomic E-state index is 8.80. The topological polar surface area (TPSA) is 84.0 Å². The van der Waals surface area contributed by atoms with Gasteiger partial charge in [-0.25, -0.2) is 4.98 Å². The number of nitrogens with zero attached hydrogens (tertiary/aromatic N) is 2. The smallest absolute Gasteiger partial charge is 0.189 e. The Bertz CT molecular complexity index is 591. The summed E-state index contributed by atoms with van der Waals surface area (Å²) >= 11 is 7.01. The Hall–Kier alpha value is -1.81. The Labute approximate surface area is 119 Å². The molecule has 1 heterocycles. The van der Waals surface area contributed by atoms with Gasteiger partial charge in [0.1, 0.15) is 23.3 Å². The molecule has 98 valence electrons. The van der Waals surface area contributed by atoms with Crippen LogP contribution in [0.3, 0.4) is 0 Å². The van der Waals surface area contributed by atoms with E-state index < -0.39 is 0 Å². The number of halogens is 1. The summed E-state index contributed by atoms with van der Waals surface area (Å²) in [5.41, 5.74) is 6.20. The van der Waals surface area contributed by atoms with Gasteiger partial charge < -0.3 is 15.8 Å². The van der Waals surface area contributed by atoms with Gasteiger partial charge in [-0.1, -0.05) is 22.9 Å². The first kappa shape index (κ1) is 13.6. The van der Waals surface area contributed by atoms with Gasteiger partial charge in [-0.3, -0.25) is 0 Å². The monoisotopic (exact) mass is 294 g/mol. The third kappa shape index (κ3) is 3.58. The molecule has 0 aliphatic heterocycles. The maximum absolute atomic E-state index is 8.80. The zero-order valence-electron chi connectivity index (χ0n) is 9.89. The van der Waals surface area contributed by atoms with E-state index in [4.69, 9.17) is 27.3 Å². The average Bonchev–Trinajstić information content (AvgIpc) is 2.78. The molecule has 2 rings (SSSR count). The summed E-state index contributed by atoms with van der Waals surface area (Å²) in [7, 11) is 0. The molecule has 19 heavy (non-hydrogen) atoms. The molecule has 3 N–H and O–H groups in total. The third-order valence-corrected chi connectivity index (χ3v) is 3.44. The number of benzene rings is 1. The summed E-state index contributed by atoms with van der Waals surface area (Å²) < 4.78 is 5.37. The van der Waals surface area contributed by atoms with Crippen LogP contribution in [0.15, 0.2) is 24.3 Å². The van der Waals surface area contributed by atoms with Crippen LogP contribution in [0.2, 0.25) is 5.15 Å². The van der Waals surface area contributed by atoms with E-state index >= 15 is 0 Å². The first-order chi connectivity index (χ1) is 9.22. The minimum absolute atomic E-state index is 0.220. The largest absolute Gasteiger partial charge is 0.492 e. The highest BCUT2D eigenvalue weighted by Crippen LogP contribution is 2.28.